The molecule has 0 fully saturated rings. The minimum atomic E-state index is 0.0994. The minimum absolute atomic E-state index is 0.0994. The second-order valence-corrected chi connectivity index (χ2v) is 5.77. The Morgan fingerprint density at radius 3 is 2.70 bits per heavy atom. The molecule has 0 radical (unpaired) electrons. The average Bonchev–Trinajstić information content (AvgIpc) is 2.84. The Morgan fingerprint density at radius 2 is 2.05 bits per heavy atom. The zero-order valence-electron chi connectivity index (χ0n) is 12.1. The highest BCUT2D eigenvalue weighted by Gasteiger charge is 2.14. The molecule has 0 spiro atoms. The molecule has 1 aromatic carbocycles. The van der Waals surface area contributed by atoms with E-state index in [9.17, 15) is 4.79 Å². The van der Waals surface area contributed by atoms with E-state index in [0.29, 0.717) is 13.0 Å². The molecule has 0 bridgehead atoms. The molecule has 0 atom stereocenters. The number of benzene rings is 1. The molecule has 2 aromatic rings. The molecule has 3 nitrogen and oxygen atoms in total. The lowest BCUT2D eigenvalue weighted by Crippen LogP contribution is -2.27. The summed E-state index contributed by atoms with van der Waals surface area (Å²) in [5, 5.41) is 2.06. The first-order valence-corrected chi connectivity index (χ1v) is 7.38. The molecule has 0 saturated carbocycles. The second kappa shape index (κ2) is 6.57. The summed E-state index contributed by atoms with van der Waals surface area (Å²) in [6, 6.07) is 9.73. The number of carbonyl (C=O) groups excluding carboxylic acids is 1. The van der Waals surface area contributed by atoms with E-state index >= 15 is 0 Å². The molecule has 0 aliphatic heterocycles. The van der Waals surface area contributed by atoms with Gasteiger partial charge in [0.2, 0.25) is 5.91 Å². The normalized spacial score (nSPS) is 10.3. The van der Waals surface area contributed by atoms with Gasteiger partial charge in [-0.3, -0.25) is 4.79 Å². The van der Waals surface area contributed by atoms with Crippen LogP contribution in [0.15, 0.2) is 35.7 Å². The average molecular weight is 289 g/mol. The minimum Gasteiger partial charge on any atom is -0.496 e. The molecule has 2 rings (SSSR count). The van der Waals surface area contributed by atoms with Gasteiger partial charge in [0.25, 0.3) is 0 Å². The number of para-hydroxylation sites is 1. The van der Waals surface area contributed by atoms with E-state index < -0.39 is 0 Å². The SMILES string of the molecule is COc1ccccc1CC(=O)N(C)Cc1sccc1C. The molecule has 0 aliphatic carbocycles. The van der Waals surface area contributed by atoms with E-state index in [-0.39, 0.29) is 5.91 Å². The standard InChI is InChI=1S/C16H19NO2S/c1-12-8-9-20-15(12)11-17(2)16(18)10-13-6-4-5-7-14(13)19-3/h4-9H,10-11H2,1-3H3. The molecule has 106 valence electrons. The Kier molecular flexibility index (Phi) is 4.79. The highest BCUT2D eigenvalue weighted by Crippen LogP contribution is 2.20. The lowest BCUT2D eigenvalue weighted by Gasteiger charge is -2.17. The van der Waals surface area contributed by atoms with Crippen LogP contribution in [0, 0.1) is 6.92 Å². The van der Waals surface area contributed by atoms with Gasteiger partial charge in [-0.25, -0.2) is 0 Å². The molecule has 0 saturated heterocycles. The fourth-order valence-corrected chi connectivity index (χ4v) is 2.98. The number of hydrogen-bond donors (Lipinski definition) is 0. The van der Waals surface area contributed by atoms with Gasteiger partial charge in [0.15, 0.2) is 0 Å². The smallest absolute Gasteiger partial charge is 0.227 e. The highest BCUT2D eigenvalue weighted by molar-refractivity contribution is 7.10. The number of rotatable bonds is 5. The van der Waals surface area contributed by atoms with Crippen molar-refractivity contribution in [3.05, 3.63) is 51.7 Å². The van der Waals surface area contributed by atoms with Gasteiger partial charge < -0.3 is 9.64 Å². The van der Waals surface area contributed by atoms with E-state index in [2.05, 4.69) is 18.4 Å². The number of aryl methyl sites for hydroxylation is 1. The lowest BCUT2D eigenvalue weighted by atomic mass is 10.1. The van der Waals surface area contributed by atoms with Crippen LogP contribution < -0.4 is 4.74 Å². The second-order valence-electron chi connectivity index (χ2n) is 4.77. The molecule has 0 N–H and O–H groups in total. The zero-order chi connectivity index (χ0) is 14.5. The number of likely N-dealkylation sites (N-methyl/N-ethyl adjacent to an activating group) is 1. The number of amides is 1. The first-order valence-electron chi connectivity index (χ1n) is 6.50. The highest BCUT2D eigenvalue weighted by atomic mass is 32.1. The number of ether oxygens (including phenoxy) is 1. The number of carbonyl (C=O) groups is 1. The fourth-order valence-electron chi connectivity index (χ4n) is 2.02. The third-order valence-corrected chi connectivity index (χ3v) is 4.32. The number of methoxy groups -OCH3 is 1. The lowest BCUT2D eigenvalue weighted by molar-refractivity contribution is -0.129. The van der Waals surface area contributed by atoms with Gasteiger partial charge in [0.1, 0.15) is 5.75 Å². The Morgan fingerprint density at radius 1 is 1.30 bits per heavy atom. The first kappa shape index (κ1) is 14.6. The largest absolute Gasteiger partial charge is 0.496 e. The van der Waals surface area contributed by atoms with Crippen LogP contribution in [0.3, 0.4) is 0 Å². The van der Waals surface area contributed by atoms with Gasteiger partial charge >= 0.3 is 0 Å². The van der Waals surface area contributed by atoms with Gasteiger partial charge in [0, 0.05) is 17.5 Å². The van der Waals surface area contributed by atoms with Crippen LogP contribution in [0.2, 0.25) is 0 Å². The summed E-state index contributed by atoms with van der Waals surface area (Å²) >= 11 is 1.69. The quantitative estimate of drug-likeness (QED) is 0.845. The summed E-state index contributed by atoms with van der Waals surface area (Å²) in [6.45, 7) is 2.74. The van der Waals surface area contributed by atoms with Crippen LogP contribution in [-0.4, -0.2) is 25.0 Å². The predicted molar refractivity (Wildman–Crippen MR) is 82.2 cm³/mol. The van der Waals surface area contributed by atoms with E-state index in [1.54, 1.807) is 23.3 Å². The van der Waals surface area contributed by atoms with Crippen molar-refractivity contribution in [1.29, 1.82) is 0 Å². The predicted octanol–water partition coefficient (Wildman–Crippen LogP) is 3.27. The van der Waals surface area contributed by atoms with Crippen LogP contribution >= 0.6 is 11.3 Å². The van der Waals surface area contributed by atoms with Crippen LogP contribution in [0.4, 0.5) is 0 Å². The summed E-state index contributed by atoms with van der Waals surface area (Å²) < 4.78 is 5.28. The molecular formula is C16H19NO2S. The van der Waals surface area contributed by atoms with Gasteiger partial charge in [-0.1, -0.05) is 18.2 Å². The molecule has 20 heavy (non-hydrogen) atoms. The van der Waals surface area contributed by atoms with E-state index in [1.165, 1.54) is 10.4 Å². The van der Waals surface area contributed by atoms with E-state index in [0.717, 1.165) is 11.3 Å². The van der Waals surface area contributed by atoms with E-state index in [1.807, 2.05) is 31.3 Å². The summed E-state index contributed by atoms with van der Waals surface area (Å²) in [7, 11) is 3.47. The topological polar surface area (TPSA) is 29.5 Å². The maximum absolute atomic E-state index is 12.3. The third kappa shape index (κ3) is 3.39. The van der Waals surface area contributed by atoms with Crippen molar-refractivity contribution < 1.29 is 9.53 Å². The molecular weight excluding hydrogens is 270 g/mol. The Bertz CT molecular complexity index is 592. The van der Waals surface area contributed by atoms with Gasteiger partial charge in [-0.2, -0.15) is 0 Å². The Labute approximate surface area is 123 Å². The van der Waals surface area contributed by atoms with Crippen molar-refractivity contribution in [2.75, 3.05) is 14.2 Å². The van der Waals surface area contributed by atoms with Crippen molar-refractivity contribution in [2.45, 2.75) is 19.9 Å². The third-order valence-electron chi connectivity index (χ3n) is 3.31. The van der Waals surface area contributed by atoms with Crippen LogP contribution in [0.25, 0.3) is 0 Å². The summed E-state index contributed by atoms with van der Waals surface area (Å²) in [5.74, 6) is 0.865. The van der Waals surface area contributed by atoms with Crippen LogP contribution in [-0.2, 0) is 17.8 Å². The number of thiophene rings is 1. The monoisotopic (exact) mass is 289 g/mol. The zero-order valence-corrected chi connectivity index (χ0v) is 12.9. The Hall–Kier alpha value is -1.81. The van der Waals surface area contributed by atoms with Gasteiger partial charge in [-0.05, 0) is 30.0 Å². The summed E-state index contributed by atoms with van der Waals surface area (Å²) in [5.41, 5.74) is 2.17. The summed E-state index contributed by atoms with van der Waals surface area (Å²) in [6.07, 6.45) is 0.366. The van der Waals surface area contributed by atoms with Crippen molar-refractivity contribution in [1.82, 2.24) is 4.90 Å². The fraction of sp³-hybridized carbons (Fsp3) is 0.312. The molecule has 4 heteroatoms. The molecule has 0 unspecified atom stereocenters. The molecule has 1 aromatic heterocycles. The molecule has 1 amide bonds. The molecule has 1 heterocycles. The number of nitrogens with zero attached hydrogens (tertiary/aromatic N) is 1. The maximum Gasteiger partial charge on any atom is 0.227 e. The van der Waals surface area contributed by atoms with Crippen molar-refractivity contribution in [3.63, 3.8) is 0 Å². The van der Waals surface area contributed by atoms with Crippen molar-refractivity contribution in [2.24, 2.45) is 0 Å². The van der Waals surface area contributed by atoms with Crippen molar-refractivity contribution in [3.8, 4) is 5.75 Å². The Balaban J connectivity index is 2.02. The first-order chi connectivity index (χ1) is 9.61. The van der Waals surface area contributed by atoms with E-state index in [4.69, 9.17) is 4.74 Å². The number of hydrogen-bond acceptors (Lipinski definition) is 3. The van der Waals surface area contributed by atoms with Gasteiger partial charge in [0.05, 0.1) is 20.1 Å². The van der Waals surface area contributed by atoms with Crippen LogP contribution in [0.5, 0.6) is 5.75 Å². The molecule has 0 aliphatic rings. The van der Waals surface area contributed by atoms with Crippen molar-refractivity contribution >= 4 is 17.2 Å². The maximum atomic E-state index is 12.3. The summed E-state index contributed by atoms with van der Waals surface area (Å²) in [4.78, 5) is 15.3. The van der Waals surface area contributed by atoms with Crippen LogP contribution in [0.1, 0.15) is 16.0 Å². The van der Waals surface area contributed by atoms with Gasteiger partial charge in [-0.15, -0.1) is 11.3 Å².